The summed E-state index contributed by atoms with van der Waals surface area (Å²) in [6.07, 6.45) is 6.17. The van der Waals surface area contributed by atoms with Gasteiger partial charge in [0.25, 0.3) is 0 Å². The second-order valence-corrected chi connectivity index (χ2v) is 6.03. The van der Waals surface area contributed by atoms with Gasteiger partial charge in [0, 0.05) is 18.4 Å². The van der Waals surface area contributed by atoms with Crippen molar-refractivity contribution in [1.29, 1.82) is 0 Å². The van der Waals surface area contributed by atoms with E-state index < -0.39 is 0 Å². The van der Waals surface area contributed by atoms with E-state index in [1.165, 1.54) is 36.8 Å². The Morgan fingerprint density at radius 1 is 1.35 bits per heavy atom. The third-order valence-electron chi connectivity index (χ3n) is 4.42. The summed E-state index contributed by atoms with van der Waals surface area (Å²) in [7, 11) is 0. The largest absolute Gasteiger partial charge is 0.355 e. The van der Waals surface area contributed by atoms with Gasteiger partial charge in [-0.05, 0) is 38.3 Å². The SMILES string of the molecule is Cc1cccc(C2(CNC(=O)CCCN)CCCC2)c1. The average molecular weight is 274 g/mol. The molecule has 0 heterocycles. The van der Waals surface area contributed by atoms with Crippen molar-refractivity contribution in [1.82, 2.24) is 5.32 Å². The van der Waals surface area contributed by atoms with Crippen molar-refractivity contribution < 1.29 is 4.79 Å². The van der Waals surface area contributed by atoms with Crippen molar-refractivity contribution in [2.24, 2.45) is 5.73 Å². The Hall–Kier alpha value is -1.35. The zero-order chi connectivity index (χ0) is 14.4. The van der Waals surface area contributed by atoms with Crippen LogP contribution < -0.4 is 11.1 Å². The molecule has 20 heavy (non-hydrogen) atoms. The number of aryl methyl sites for hydroxylation is 1. The Morgan fingerprint density at radius 2 is 2.10 bits per heavy atom. The molecule has 1 fully saturated rings. The maximum Gasteiger partial charge on any atom is 0.220 e. The van der Waals surface area contributed by atoms with Crippen LogP contribution in [-0.2, 0) is 10.2 Å². The first-order valence-electron chi connectivity index (χ1n) is 7.70. The molecular weight excluding hydrogens is 248 g/mol. The highest BCUT2D eigenvalue weighted by Crippen LogP contribution is 2.40. The summed E-state index contributed by atoms with van der Waals surface area (Å²) in [5.41, 5.74) is 8.27. The molecule has 0 atom stereocenters. The van der Waals surface area contributed by atoms with E-state index in [1.807, 2.05) is 0 Å². The van der Waals surface area contributed by atoms with Crippen molar-refractivity contribution in [3.63, 3.8) is 0 Å². The third-order valence-corrected chi connectivity index (χ3v) is 4.42. The third kappa shape index (κ3) is 3.60. The van der Waals surface area contributed by atoms with Crippen molar-refractivity contribution in [3.8, 4) is 0 Å². The number of carbonyl (C=O) groups is 1. The molecule has 3 heteroatoms. The van der Waals surface area contributed by atoms with Gasteiger partial charge in [-0.1, -0.05) is 42.7 Å². The van der Waals surface area contributed by atoms with E-state index in [-0.39, 0.29) is 11.3 Å². The quantitative estimate of drug-likeness (QED) is 0.838. The summed E-state index contributed by atoms with van der Waals surface area (Å²) in [5, 5.41) is 3.12. The molecule has 2 rings (SSSR count). The molecule has 0 aliphatic heterocycles. The number of hydrogen-bond acceptors (Lipinski definition) is 2. The summed E-state index contributed by atoms with van der Waals surface area (Å²) < 4.78 is 0. The minimum Gasteiger partial charge on any atom is -0.355 e. The van der Waals surface area contributed by atoms with Gasteiger partial charge in [-0.25, -0.2) is 0 Å². The number of nitrogens with one attached hydrogen (secondary N) is 1. The topological polar surface area (TPSA) is 55.1 Å². The molecule has 0 radical (unpaired) electrons. The van der Waals surface area contributed by atoms with Crippen LogP contribution in [0.25, 0.3) is 0 Å². The molecule has 0 aromatic heterocycles. The summed E-state index contributed by atoms with van der Waals surface area (Å²) >= 11 is 0. The van der Waals surface area contributed by atoms with Gasteiger partial charge in [0.2, 0.25) is 5.91 Å². The normalized spacial score (nSPS) is 17.1. The van der Waals surface area contributed by atoms with Crippen LogP contribution in [0.3, 0.4) is 0 Å². The zero-order valence-electron chi connectivity index (χ0n) is 12.5. The van der Waals surface area contributed by atoms with Crippen molar-refractivity contribution in [3.05, 3.63) is 35.4 Å². The van der Waals surface area contributed by atoms with Crippen molar-refractivity contribution in [2.75, 3.05) is 13.1 Å². The Balaban J connectivity index is 2.05. The molecule has 0 unspecified atom stereocenters. The molecule has 1 aromatic rings. The first-order valence-corrected chi connectivity index (χ1v) is 7.70. The molecule has 1 aliphatic rings. The molecule has 1 aliphatic carbocycles. The predicted octanol–water partition coefficient (Wildman–Crippen LogP) is 2.66. The van der Waals surface area contributed by atoms with Crippen LogP contribution in [0.2, 0.25) is 0 Å². The van der Waals surface area contributed by atoms with E-state index in [0.717, 1.165) is 13.0 Å². The number of rotatable bonds is 6. The molecule has 110 valence electrons. The highest BCUT2D eigenvalue weighted by Gasteiger charge is 2.35. The Morgan fingerprint density at radius 3 is 2.75 bits per heavy atom. The molecule has 0 bridgehead atoms. The van der Waals surface area contributed by atoms with Gasteiger partial charge in [-0.2, -0.15) is 0 Å². The van der Waals surface area contributed by atoms with Gasteiger partial charge < -0.3 is 11.1 Å². The fourth-order valence-electron chi connectivity index (χ4n) is 3.21. The second-order valence-electron chi connectivity index (χ2n) is 6.03. The van der Waals surface area contributed by atoms with Gasteiger partial charge in [-0.3, -0.25) is 4.79 Å². The first-order chi connectivity index (χ1) is 9.66. The Labute approximate surface area is 121 Å². The minimum atomic E-state index is 0.134. The molecule has 1 amide bonds. The number of carbonyl (C=O) groups excluding carboxylic acids is 1. The van der Waals surface area contributed by atoms with Gasteiger partial charge in [0.05, 0.1) is 0 Å². The molecule has 3 nitrogen and oxygen atoms in total. The van der Waals surface area contributed by atoms with E-state index in [0.29, 0.717) is 13.0 Å². The monoisotopic (exact) mass is 274 g/mol. The molecule has 1 saturated carbocycles. The molecule has 0 saturated heterocycles. The molecular formula is C17H26N2O. The molecule has 1 aromatic carbocycles. The Kier molecular flexibility index (Phi) is 5.18. The molecule has 3 N–H and O–H groups in total. The van der Waals surface area contributed by atoms with Crippen molar-refractivity contribution in [2.45, 2.75) is 50.9 Å². The van der Waals surface area contributed by atoms with Gasteiger partial charge in [0.1, 0.15) is 0 Å². The van der Waals surface area contributed by atoms with Gasteiger partial charge in [-0.15, -0.1) is 0 Å². The second kappa shape index (κ2) is 6.89. The summed E-state index contributed by atoms with van der Waals surface area (Å²) in [6.45, 7) is 3.47. The Bertz CT molecular complexity index is 450. The van der Waals surface area contributed by atoms with E-state index in [1.54, 1.807) is 0 Å². The fourth-order valence-corrected chi connectivity index (χ4v) is 3.21. The predicted molar refractivity (Wildman–Crippen MR) is 82.6 cm³/mol. The number of hydrogen-bond donors (Lipinski definition) is 2. The van der Waals surface area contributed by atoms with Crippen LogP contribution in [0, 0.1) is 6.92 Å². The standard InChI is InChI=1S/C17H26N2O/c1-14-6-4-7-15(12-14)17(9-2-3-10-17)13-19-16(20)8-5-11-18/h4,6-7,12H,2-3,5,8-11,13,18H2,1H3,(H,19,20). The summed E-state index contributed by atoms with van der Waals surface area (Å²) in [4.78, 5) is 11.8. The lowest BCUT2D eigenvalue weighted by molar-refractivity contribution is -0.121. The average Bonchev–Trinajstić information content (AvgIpc) is 2.93. The van der Waals surface area contributed by atoms with E-state index in [9.17, 15) is 4.79 Å². The van der Waals surface area contributed by atoms with E-state index in [4.69, 9.17) is 5.73 Å². The minimum absolute atomic E-state index is 0.134. The van der Waals surface area contributed by atoms with Crippen LogP contribution in [0.5, 0.6) is 0 Å². The highest BCUT2D eigenvalue weighted by molar-refractivity contribution is 5.76. The summed E-state index contributed by atoms with van der Waals surface area (Å²) in [6, 6.07) is 8.74. The van der Waals surface area contributed by atoms with Gasteiger partial charge in [0.15, 0.2) is 0 Å². The van der Waals surface area contributed by atoms with E-state index >= 15 is 0 Å². The van der Waals surface area contributed by atoms with Crippen LogP contribution in [0.15, 0.2) is 24.3 Å². The van der Waals surface area contributed by atoms with Crippen LogP contribution in [-0.4, -0.2) is 19.0 Å². The maximum absolute atomic E-state index is 11.8. The van der Waals surface area contributed by atoms with Crippen molar-refractivity contribution >= 4 is 5.91 Å². The zero-order valence-corrected chi connectivity index (χ0v) is 12.5. The number of benzene rings is 1. The lowest BCUT2D eigenvalue weighted by Gasteiger charge is -2.30. The lowest BCUT2D eigenvalue weighted by Crippen LogP contribution is -2.39. The smallest absolute Gasteiger partial charge is 0.220 e. The summed E-state index contributed by atoms with van der Waals surface area (Å²) in [5.74, 6) is 0.134. The van der Waals surface area contributed by atoms with Crippen LogP contribution in [0.1, 0.15) is 49.7 Å². The first kappa shape index (κ1) is 15.0. The maximum atomic E-state index is 11.8. The number of amides is 1. The van der Waals surface area contributed by atoms with E-state index in [2.05, 4.69) is 36.5 Å². The highest BCUT2D eigenvalue weighted by atomic mass is 16.1. The molecule has 0 spiro atoms. The lowest BCUT2D eigenvalue weighted by atomic mass is 9.78. The van der Waals surface area contributed by atoms with Gasteiger partial charge >= 0.3 is 0 Å². The number of nitrogens with two attached hydrogens (primary N) is 1. The fraction of sp³-hybridized carbons (Fsp3) is 0.588. The van der Waals surface area contributed by atoms with Crippen LogP contribution >= 0.6 is 0 Å². The van der Waals surface area contributed by atoms with Crippen LogP contribution in [0.4, 0.5) is 0 Å².